The first-order valence-electron chi connectivity index (χ1n) is 10.7. The molecule has 1 aromatic carbocycles. The molecule has 14 heteroatoms. The lowest BCUT2D eigenvalue weighted by Crippen LogP contribution is -2.80. The van der Waals surface area contributed by atoms with E-state index in [-0.39, 0.29) is 49.5 Å². The molecular weight excluding hydrogens is 492 g/mol. The molecule has 35 heavy (non-hydrogen) atoms. The summed E-state index contributed by atoms with van der Waals surface area (Å²) in [4.78, 5) is 21.5. The number of carbonyl (C=O) groups is 2. The highest BCUT2D eigenvalue weighted by molar-refractivity contribution is 5.90. The number of carboxylic acids is 1. The quantitative estimate of drug-likeness (QED) is 0.315. The predicted molar refractivity (Wildman–Crippen MR) is 103 cm³/mol. The number of alkyl halides is 6. The number of hydrogen-bond donors (Lipinski definition) is 3. The lowest BCUT2D eigenvalue weighted by atomic mass is 9.49. The third-order valence-corrected chi connectivity index (χ3v) is 7.60. The molecule has 4 aliphatic rings. The molecule has 5 rings (SSSR count). The second-order valence-corrected chi connectivity index (χ2v) is 9.35. The number of aliphatic carboxylic acids is 1. The van der Waals surface area contributed by atoms with E-state index in [0.717, 1.165) is 0 Å². The molecule has 0 radical (unpaired) electrons. The van der Waals surface area contributed by atoms with Crippen LogP contribution < -0.4 is 4.74 Å². The van der Waals surface area contributed by atoms with Crippen molar-refractivity contribution in [3.05, 3.63) is 28.5 Å². The molecule has 194 valence electrons. The van der Waals surface area contributed by atoms with Crippen molar-refractivity contribution in [2.75, 3.05) is 13.1 Å². The van der Waals surface area contributed by atoms with E-state index in [4.69, 9.17) is 14.6 Å². The van der Waals surface area contributed by atoms with Crippen molar-refractivity contribution in [3.8, 4) is 11.5 Å². The number of phenols is 1. The van der Waals surface area contributed by atoms with Gasteiger partial charge in [0.25, 0.3) is 0 Å². The Kier molecular flexibility index (Phi) is 5.62. The summed E-state index contributed by atoms with van der Waals surface area (Å²) in [5.41, 5.74) is -1.61. The lowest BCUT2D eigenvalue weighted by molar-refractivity contribution is -0.923. The number of hydroxylamine groups is 3. The summed E-state index contributed by atoms with van der Waals surface area (Å²) in [6.07, 6.45) is -11.6. The number of quaternary nitrogens is 1. The van der Waals surface area contributed by atoms with Gasteiger partial charge < -0.3 is 29.9 Å². The summed E-state index contributed by atoms with van der Waals surface area (Å²) in [6.45, 7) is -0.795. The van der Waals surface area contributed by atoms with Crippen LogP contribution >= 0.6 is 0 Å². The van der Waals surface area contributed by atoms with Gasteiger partial charge in [0.2, 0.25) is 0 Å². The van der Waals surface area contributed by atoms with Crippen LogP contribution in [0.3, 0.4) is 0 Å². The Morgan fingerprint density at radius 3 is 2.40 bits per heavy atom. The van der Waals surface area contributed by atoms with E-state index in [1.807, 2.05) is 0 Å². The van der Waals surface area contributed by atoms with Crippen molar-refractivity contribution in [2.24, 2.45) is 0 Å². The second kappa shape index (κ2) is 7.71. The number of carbonyl (C=O) groups excluding carboxylic acids is 1. The van der Waals surface area contributed by atoms with Crippen LogP contribution in [0.4, 0.5) is 26.3 Å². The minimum Gasteiger partial charge on any atom is -0.633 e. The molecular formula is C21H21F6NO7. The molecule has 2 bridgehead atoms. The number of nitrogens with zero attached hydrogens (tertiary/aromatic N) is 1. The summed E-state index contributed by atoms with van der Waals surface area (Å²) < 4.78 is 74.9. The van der Waals surface area contributed by atoms with Crippen LogP contribution in [0.25, 0.3) is 0 Å². The van der Waals surface area contributed by atoms with Crippen molar-refractivity contribution < 1.29 is 60.6 Å². The molecule has 0 aromatic heterocycles. The highest BCUT2D eigenvalue weighted by atomic mass is 19.4. The van der Waals surface area contributed by atoms with Gasteiger partial charge in [-0.25, -0.2) is 4.79 Å². The monoisotopic (exact) mass is 513 g/mol. The number of ether oxygens (including phenoxy) is 1. The largest absolute Gasteiger partial charge is 0.633 e. The first kappa shape index (κ1) is 25.5. The molecule has 2 aliphatic carbocycles. The summed E-state index contributed by atoms with van der Waals surface area (Å²) >= 11 is 0. The third-order valence-electron chi connectivity index (χ3n) is 7.60. The Bertz CT molecular complexity index is 1080. The van der Waals surface area contributed by atoms with Gasteiger partial charge in [0, 0.05) is 24.8 Å². The van der Waals surface area contributed by atoms with Crippen LogP contribution in [0.15, 0.2) is 12.1 Å². The number of phenolic OH excluding ortho intramolecular Hbond substituents is 1. The molecule has 8 nitrogen and oxygen atoms in total. The van der Waals surface area contributed by atoms with Crippen LogP contribution in [-0.2, 0) is 21.4 Å². The Balaban J connectivity index is 0.000000364. The molecule has 0 amide bonds. The van der Waals surface area contributed by atoms with Crippen molar-refractivity contribution in [2.45, 2.75) is 67.6 Å². The number of hydrogen-bond acceptors (Lipinski definition) is 6. The van der Waals surface area contributed by atoms with Crippen molar-refractivity contribution >= 4 is 11.8 Å². The number of benzene rings is 1. The van der Waals surface area contributed by atoms with Crippen LogP contribution in [0, 0.1) is 5.21 Å². The molecule has 2 heterocycles. The number of likely N-dealkylation sites (tertiary alicyclic amines) is 1. The standard InChI is InChI=1S/C19H20F3NO5.C2HF3O2/c20-19(21,22)6-8-23(27)7-5-17-14-10-1-2-11(24)15(14)28-16(17)12(25)3-4-18(17,26)13(23)9-10;3-2(4,5)1(6)7/h1-2,13,16,24,26H,3-9H2;(H,6,7)/t13-,16+,17+,18?,23?;/m1./s1. The maximum atomic E-state index is 13.6. The van der Waals surface area contributed by atoms with Gasteiger partial charge in [0.1, 0.15) is 11.6 Å². The molecule has 2 fully saturated rings. The van der Waals surface area contributed by atoms with Crippen LogP contribution in [-0.4, -0.2) is 74.9 Å². The second-order valence-electron chi connectivity index (χ2n) is 9.35. The van der Waals surface area contributed by atoms with Crippen molar-refractivity contribution in [3.63, 3.8) is 0 Å². The van der Waals surface area contributed by atoms with Gasteiger partial charge in [-0.05, 0) is 18.1 Å². The zero-order valence-corrected chi connectivity index (χ0v) is 17.9. The number of carboxylic acid groups (broad SMARTS) is 1. The fourth-order valence-electron chi connectivity index (χ4n) is 6.17. The number of piperidine rings is 1. The van der Waals surface area contributed by atoms with Crippen LogP contribution in [0.5, 0.6) is 11.5 Å². The highest BCUT2D eigenvalue weighted by Crippen LogP contribution is 2.65. The summed E-state index contributed by atoms with van der Waals surface area (Å²) in [5.74, 6) is -2.95. The molecule has 1 spiro atoms. The van der Waals surface area contributed by atoms with Gasteiger partial charge in [0.05, 0.1) is 24.9 Å². The number of aliphatic hydroxyl groups is 1. The summed E-state index contributed by atoms with van der Waals surface area (Å²) in [6, 6.07) is 2.01. The smallest absolute Gasteiger partial charge is 0.490 e. The van der Waals surface area contributed by atoms with Gasteiger partial charge in [-0.3, -0.25) is 4.79 Å². The van der Waals surface area contributed by atoms with E-state index in [1.54, 1.807) is 6.07 Å². The first-order valence-corrected chi connectivity index (χ1v) is 10.7. The fraction of sp³-hybridized carbons (Fsp3) is 0.619. The van der Waals surface area contributed by atoms with Gasteiger partial charge >= 0.3 is 18.3 Å². The minimum absolute atomic E-state index is 0.0111. The van der Waals surface area contributed by atoms with Crippen molar-refractivity contribution in [1.82, 2.24) is 0 Å². The molecule has 1 saturated carbocycles. The Labute approximate surface area is 193 Å². The topological polar surface area (TPSA) is 127 Å². The third kappa shape index (κ3) is 3.73. The molecule has 2 unspecified atom stereocenters. The highest BCUT2D eigenvalue weighted by Gasteiger charge is 2.76. The molecule has 3 N–H and O–H groups in total. The Hall–Kier alpha value is -2.58. The zero-order valence-electron chi connectivity index (χ0n) is 17.9. The van der Waals surface area contributed by atoms with E-state index < -0.39 is 59.1 Å². The van der Waals surface area contributed by atoms with Crippen molar-refractivity contribution in [1.29, 1.82) is 0 Å². The number of aromatic hydroxyl groups is 1. The van der Waals surface area contributed by atoms with Gasteiger partial charge in [-0.15, -0.1) is 0 Å². The molecule has 1 aromatic rings. The molecule has 5 atom stereocenters. The minimum atomic E-state index is -5.08. The van der Waals surface area contributed by atoms with Crippen LogP contribution in [0.2, 0.25) is 0 Å². The van der Waals surface area contributed by atoms with E-state index in [2.05, 4.69) is 0 Å². The SMILES string of the molecule is O=C(O)C(F)(F)F.O=C1CCC2(O)[C@H]3Cc4ccc(O)c5c4[C@@]2(CC[N+]3([O-])CCC(F)(F)F)[C@H]1O5. The average Bonchev–Trinajstić information content (AvgIpc) is 3.10. The Morgan fingerprint density at radius 2 is 1.83 bits per heavy atom. The summed E-state index contributed by atoms with van der Waals surface area (Å²) in [7, 11) is 0. The zero-order chi connectivity index (χ0) is 26.2. The number of ketones is 1. The average molecular weight is 513 g/mol. The van der Waals surface area contributed by atoms with Gasteiger partial charge in [0.15, 0.2) is 23.4 Å². The molecule has 1 saturated heterocycles. The predicted octanol–water partition coefficient (Wildman–Crippen LogP) is 2.71. The normalized spacial score (nSPS) is 34.9. The van der Waals surface area contributed by atoms with Crippen LogP contribution in [0.1, 0.15) is 36.8 Å². The first-order chi connectivity index (χ1) is 16.0. The number of Topliss-reactive ketones (excluding diaryl/α,β-unsaturated/α-hetero) is 1. The Morgan fingerprint density at radius 1 is 1.20 bits per heavy atom. The number of rotatable bonds is 2. The number of halogens is 6. The van der Waals surface area contributed by atoms with E-state index >= 15 is 0 Å². The maximum absolute atomic E-state index is 13.6. The van der Waals surface area contributed by atoms with E-state index in [0.29, 0.717) is 11.1 Å². The molecule has 2 aliphatic heterocycles. The lowest BCUT2D eigenvalue weighted by Gasteiger charge is -2.67. The van der Waals surface area contributed by atoms with E-state index in [9.17, 15) is 46.6 Å². The maximum Gasteiger partial charge on any atom is 0.490 e. The fourth-order valence-corrected chi connectivity index (χ4v) is 6.17. The van der Waals surface area contributed by atoms with Gasteiger partial charge in [-0.2, -0.15) is 26.3 Å². The summed E-state index contributed by atoms with van der Waals surface area (Å²) in [5, 5.41) is 42.7. The van der Waals surface area contributed by atoms with E-state index in [1.165, 1.54) is 6.07 Å². The van der Waals surface area contributed by atoms with Gasteiger partial charge in [-0.1, -0.05) is 6.07 Å².